The second-order valence-corrected chi connectivity index (χ2v) is 6.87. The smallest absolute Gasteiger partial charge is 0.408 e. The predicted molar refractivity (Wildman–Crippen MR) is 104 cm³/mol. The highest BCUT2D eigenvalue weighted by Gasteiger charge is 2.29. The quantitative estimate of drug-likeness (QED) is 0.699. The number of aromatic nitrogens is 1. The van der Waals surface area contributed by atoms with E-state index in [4.69, 9.17) is 4.42 Å². The number of amides is 2. The number of hydrogen-bond donors (Lipinski definition) is 0. The molecular weight excluding hydrogens is 358 g/mol. The maximum absolute atomic E-state index is 13.0. The number of carbonyl (C=O) groups excluding carboxylic acids is 2. The van der Waals surface area contributed by atoms with Crippen molar-refractivity contribution in [2.24, 2.45) is 0 Å². The molecule has 2 amide bonds. The third-order valence-corrected chi connectivity index (χ3v) is 5.16. The van der Waals surface area contributed by atoms with Crippen LogP contribution >= 0.6 is 0 Å². The van der Waals surface area contributed by atoms with Gasteiger partial charge in [0.05, 0.1) is 5.52 Å². The van der Waals surface area contributed by atoms with E-state index < -0.39 is 11.8 Å². The first-order chi connectivity index (χ1) is 13.6. The molecule has 1 fully saturated rings. The van der Waals surface area contributed by atoms with Gasteiger partial charge in [0.2, 0.25) is 5.91 Å². The summed E-state index contributed by atoms with van der Waals surface area (Å²) in [6.45, 7) is 3.51. The number of nitrogens with zero attached hydrogens (tertiary/aromatic N) is 3. The fourth-order valence-corrected chi connectivity index (χ4v) is 3.62. The van der Waals surface area contributed by atoms with Gasteiger partial charge in [-0.2, -0.15) is 0 Å². The number of carbonyl (C=O) groups is 2. The minimum absolute atomic E-state index is 0.0298. The number of benzene rings is 2. The van der Waals surface area contributed by atoms with Crippen LogP contribution in [0.2, 0.25) is 0 Å². The summed E-state index contributed by atoms with van der Waals surface area (Å²) < 4.78 is 6.63. The van der Waals surface area contributed by atoms with Gasteiger partial charge in [-0.3, -0.25) is 14.2 Å². The molecule has 0 radical (unpaired) electrons. The van der Waals surface area contributed by atoms with Crippen molar-refractivity contribution in [3.05, 3.63) is 70.7 Å². The first-order valence-corrected chi connectivity index (χ1v) is 9.29. The van der Waals surface area contributed by atoms with E-state index in [0.717, 1.165) is 0 Å². The minimum atomic E-state index is -0.674. The van der Waals surface area contributed by atoms with Gasteiger partial charge in [-0.25, -0.2) is 4.79 Å². The molecule has 0 spiro atoms. The van der Waals surface area contributed by atoms with Gasteiger partial charge in [-0.05, 0) is 31.2 Å². The van der Waals surface area contributed by atoms with Gasteiger partial charge >= 0.3 is 5.76 Å². The van der Waals surface area contributed by atoms with Crippen LogP contribution in [0.1, 0.15) is 23.3 Å². The van der Waals surface area contributed by atoms with Crippen LogP contribution in [0.4, 0.5) is 0 Å². The lowest BCUT2D eigenvalue weighted by atomic mass is 10.1. The number of rotatable bonds is 3. The van der Waals surface area contributed by atoms with Crippen molar-refractivity contribution in [1.82, 2.24) is 14.4 Å². The molecule has 1 saturated heterocycles. The normalized spacial score (nSPS) is 15.6. The Bertz CT molecular complexity index is 1060. The van der Waals surface area contributed by atoms with E-state index in [1.807, 2.05) is 18.2 Å². The molecule has 3 aromatic rings. The van der Waals surface area contributed by atoms with E-state index in [1.54, 1.807) is 53.1 Å². The second kappa shape index (κ2) is 7.34. The average molecular weight is 379 g/mol. The molecule has 7 nitrogen and oxygen atoms in total. The van der Waals surface area contributed by atoms with Crippen molar-refractivity contribution in [3.63, 3.8) is 0 Å². The van der Waals surface area contributed by atoms with Crippen molar-refractivity contribution in [1.29, 1.82) is 0 Å². The number of piperazine rings is 1. The molecule has 2 heterocycles. The summed E-state index contributed by atoms with van der Waals surface area (Å²) in [7, 11) is 0. The number of hydrogen-bond acceptors (Lipinski definition) is 4. The van der Waals surface area contributed by atoms with E-state index in [0.29, 0.717) is 42.8 Å². The second-order valence-electron chi connectivity index (χ2n) is 6.87. The molecule has 0 bridgehead atoms. The lowest BCUT2D eigenvalue weighted by Gasteiger charge is -2.36. The maximum atomic E-state index is 13.0. The van der Waals surface area contributed by atoms with Crippen LogP contribution < -0.4 is 5.76 Å². The van der Waals surface area contributed by atoms with Crippen LogP contribution in [0.5, 0.6) is 0 Å². The highest BCUT2D eigenvalue weighted by Crippen LogP contribution is 2.19. The van der Waals surface area contributed by atoms with Crippen molar-refractivity contribution in [2.75, 3.05) is 26.2 Å². The van der Waals surface area contributed by atoms with Crippen LogP contribution in [0.25, 0.3) is 11.1 Å². The molecule has 1 aliphatic rings. The van der Waals surface area contributed by atoms with Gasteiger partial charge in [0.15, 0.2) is 5.58 Å². The molecule has 0 N–H and O–H groups in total. The van der Waals surface area contributed by atoms with Crippen LogP contribution in [-0.4, -0.2) is 52.4 Å². The zero-order valence-corrected chi connectivity index (χ0v) is 15.6. The maximum Gasteiger partial charge on any atom is 0.420 e. The van der Waals surface area contributed by atoms with E-state index >= 15 is 0 Å². The molecule has 144 valence electrons. The van der Waals surface area contributed by atoms with Crippen molar-refractivity contribution < 1.29 is 14.0 Å². The highest BCUT2D eigenvalue weighted by molar-refractivity contribution is 5.94. The molecular formula is C21H21N3O4. The Labute approximate surface area is 161 Å². The largest absolute Gasteiger partial charge is 0.420 e. The first-order valence-electron chi connectivity index (χ1n) is 9.29. The number of oxazole rings is 1. The van der Waals surface area contributed by atoms with Gasteiger partial charge in [0.1, 0.15) is 6.04 Å². The lowest BCUT2D eigenvalue weighted by molar-refractivity contribution is -0.135. The lowest BCUT2D eigenvalue weighted by Crippen LogP contribution is -2.52. The summed E-state index contributed by atoms with van der Waals surface area (Å²) in [5.41, 5.74) is 1.71. The van der Waals surface area contributed by atoms with E-state index in [2.05, 4.69) is 0 Å². The molecule has 4 rings (SSSR count). The van der Waals surface area contributed by atoms with Gasteiger partial charge in [-0.15, -0.1) is 0 Å². The third kappa shape index (κ3) is 3.19. The molecule has 0 aliphatic carbocycles. The number of para-hydroxylation sites is 2. The molecule has 1 unspecified atom stereocenters. The SMILES string of the molecule is CC(C(=O)N1CCN(C(=O)c2ccccc2)CC1)n1c(=O)oc2ccccc21. The third-order valence-electron chi connectivity index (χ3n) is 5.16. The molecule has 1 aromatic heterocycles. The van der Waals surface area contributed by atoms with Crippen LogP contribution in [0.15, 0.2) is 63.8 Å². The topological polar surface area (TPSA) is 75.8 Å². The fraction of sp³-hybridized carbons (Fsp3) is 0.286. The standard InChI is InChI=1S/C21H21N3O4/c1-15(24-17-9-5-6-10-18(17)28-21(24)27)19(25)22-11-13-23(14-12-22)20(26)16-7-3-2-4-8-16/h2-10,15H,11-14H2,1H3. The molecule has 1 atom stereocenters. The van der Waals surface area contributed by atoms with Crippen LogP contribution in [-0.2, 0) is 4.79 Å². The molecule has 28 heavy (non-hydrogen) atoms. The Morgan fingerprint density at radius 2 is 1.50 bits per heavy atom. The van der Waals surface area contributed by atoms with Crippen LogP contribution in [0.3, 0.4) is 0 Å². The summed E-state index contributed by atoms with van der Waals surface area (Å²) in [5.74, 6) is -0.724. The van der Waals surface area contributed by atoms with E-state index in [1.165, 1.54) is 4.57 Å². The summed E-state index contributed by atoms with van der Waals surface area (Å²) in [6.07, 6.45) is 0. The molecule has 7 heteroatoms. The Kier molecular flexibility index (Phi) is 4.73. The van der Waals surface area contributed by atoms with Crippen molar-refractivity contribution in [2.45, 2.75) is 13.0 Å². The van der Waals surface area contributed by atoms with E-state index in [9.17, 15) is 14.4 Å². The Hall–Kier alpha value is -3.35. The minimum Gasteiger partial charge on any atom is -0.408 e. The van der Waals surface area contributed by atoms with E-state index in [-0.39, 0.29) is 11.8 Å². The highest BCUT2D eigenvalue weighted by atomic mass is 16.4. The Morgan fingerprint density at radius 3 is 2.21 bits per heavy atom. The molecule has 0 saturated carbocycles. The molecule has 2 aromatic carbocycles. The summed E-state index contributed by atoms with van der Waals surface area (Å²) in [6, 6.07) is 15.5. The van der Waals surface area contributed by atoms with Gasteiger partial charge < -0.3 is 14.2 Å². The molecule has 1 aliphatic heterocycles. The Morgan fingerprint density at radius 1 is 0.893 bits per heavy atom. The Balaban J connectivity index is 1.46. The average Bonchev–Trinajstić information content (AvgIpc) is 3.08. The zero-order valence-electron chi connectivity index (χ0n) is 15.6. The summed E-state index contributed by atoms with van der Waals surface area (Å²) in [4.78, 5) is 41.2. The number of fused-ring (bicyclic) bond motifs is 1. The van der Waals surface area contributed by atoms with Gasteiger partial charge in [0.25, 0.3) is 5.91 Å². The summed E-state index contributed by atoms with van der Waals surface area (Å²) >= 11 is 0. The monoisotopic (exact) mass is 379 g/mol. The van der Waals surface area contributed by atoms with Gasteiger partial charge in [-0.1, -0.05) is 30.3 Å². The van der Waals surface area contributed by atoms with Crippen molar-refractivity contribution in [3.8, 4) is 0 Å². The zero-order chi connectivity index (χ0) is 19.7. The van der Waals surface area contributed by atoms with Gasteiger partial charge in [0, 0.05) is 31.7 Å². The fourth-order valence-electron chi connectivity index (χ4n) is 3.62. The summed E-state index contributed by atoms with van der Waals surface area (Å²) in [5, 5.41) is 0. The first kappa shape index (κ1) is 18.0. The van der Waals surface area contributed by atoms with Crippen LogP contribution in [0, 0.1) is 0 Å². The predicted octanol–water partition coefficient (Wildman–Crippen LogP) is 2.14. The van der Waals surface area contributed by atoms with Crippen molar-refractivity contribution >= 4 is 22.9 Å².